The minimum absolute atomic E-state index is 0.0561. The monoisotopic (exact) mass is 615 g/mol. The van der Waals surface area contributed by atoms with Crippen molar-refractivity contribution in [1.29, 1.82) is 0 Å². The van der Waals surface area contributed by atoms with Gasteiger partial charge in [0.25, 0.3) is 11.8 Å². The van der Waals surface area contributed by atoms with Crippen molar-refractivity contribution in [2.45, 2.75) is 4.90 Å². The van der Waals surface area contributed by atoms with E-state index < -0.39 is 11.8 Å². The lowest BCUT2D eigenvalue weighted by Crippen LogP contribution is -2.30. The molecule has 4 aromatic carbocycles. The van der Waals surface area contributed by atoms with Crippen LogP contribution in [0.4, 0.5) is 11.4 Å². The number of methoxy groups -OCH3 is 1. The van der Waals surface area contributed by atoms with E-state index in [2.05, 4.69) is 31.9 Å². The smallest absolute Gasteiger partial charge is 0.272 e. The molecule has 0 bridgehead atoms. The standard InChI is InChI=1S/C31H26BrN3O4S/c1-39-28-14-8-5-11-22(28)19-27(35-30(37)21-9-3-2-4-10-21)31(38)33-23-15-17-24(18-16-23)40-20-29(36)34-26-13-7-6-12-25(26)32/h2-19H,20H2,1H3,(H,33,38)(H,34,36)(H,35,37)/b27-19-. The van der Waals surface area contributed by atoms with Crippen molar-refractivity contribution in [3.63, 3.8) is 0 Å². The lowest BCUT2D eigenvalue weighted by molar-refractivity contribution is -0.114. The van der Waals surface area contributed by atoms with Crippen LogP contribution in [0, 0.1) is 0 Å². The number of ether oxygens (including phenoxy) is 1. The minimum Gasteiger partial charge on any atom is -0.496 e. The highest BCUT2D eigenvalue weighted by Crippen LogP contribution is 2.24. The molecule has 40 heavy (non-hydrogen) atoms. The molecule has 0 saturated heterocycles. The summed E-state index contributed by atoms with van der Waals surface area (Å²) in [7, 11) is 1.54. The maximum atomic E-state index is 13.3. The number of halogens is 1. The maximum Gasteiger partial charge on any atom is 0.272 e. The van der Waals surface area contributed by atoms with E-state index in [-0.39, 0.29) is 17.4 Å². The predicted octanol–water partition coefficient (Wildman–Crippen LogP) is 6.60. The summed E-state index contributed by atoms with van der Waals surface area (Å²) >= 11 is 4.80. The first kappa shape index (κ1) is 28.7. The molecule has 0 heterocycles. The number of rotatable bonds is 10. The molecular weight excluding hydrogens is 590 g/mol. The van der Waals surface area contributed by atoms with Gasteiger partial charge < -0.3 is 20.7 Å². The van der Waals surface area contributed by atoms with Gasteiger partial charge in [-0.15, -0.1) is 11.8 Å². The number of thioether (sulfide) groups is 1. The van der Waals surface area contributed by atoms with Crippen LogP contribution in [0.1, 0.15) is 15.9 Å². The van der Waals surface area contributed by atoms with E-state index in [1.807, 2.05) is 54.6 Å². The summed E-state index contributed by atoms with van der Waals surface area (Å²) < 4.78 is 6.22. The lowest BCUT2D eigenvalue weighted by atomic mass is 10.1. The fourth-order valence-electron chi connectivity index (χ4n) is 3.61. The summed E-state index contributed by atoms with van der Waals surface area (Å²) in [6.45, 7) is 0. The summed E-state index contributed by atoms with van der Waals surface area (Å²) in [6, 6.07) is 30.4. The molecule has 3 N–H and O–H groups in total. The first-order valence-electron chi connectivity index (χ1n) is 12.2. The van der Waals surface area contributed by atoms with Crippen LogP contribution in [0.25, 0.3) is 6.08 Å². The Morgan fingerprint density at radius 3 is 2.23 bits per heavy atom. The van der Waals surface area contributed by atoms with Crippen LogP contribution in [0.15, 0.2) is 118 Å². The van der Waals surface area contributed by atoms with Gasteiger partial charge in [0.05, 0.1) is 18.6 Å². The van der Waals surface area contributed by atoms with Gasteiger partial charge in [-0.1, -0.05) is 48.5 Å². The average molecular weight is 617 g/mol. The molecule has 0 aliphatic carbocycles. The topological polar surface area (TPSA) is 96.5 Å². The molecule has 9 heteroatoms. The second-order valence-electron chi connectivity index (χ2n) is 8.42. The van der Waals surface area contributed by atoms with E-state index in [4.69, 9.17) is 4.74 Å². The van der Waals surface area contributed by atoms with Crippen molar-refractivity contribution < 1.29 is 19.1 Å². The summed E-state index contributed by atoms with van der Waals surface area (Å²) in [4.78, 5) is 39.4. The Morgan fingerprint density at radius 2 is 1.50 bits per heavy atom. The molecule has 4 aromatic rings. The number of anilines is 2. The molecule has 4 rings (SSSR count). The van der Waals surface area contributed by atoms with Crippen LogP contribution in [0.3, 0.4) is 0 Å². The number of benzene rings is 4. The molecule has 0 radical (unpaired) electrons. The van der Waals surface area contributed by atoms with Crippen LogP contribution >= 0.6 is 27.7 Å². The molecule has 0 aliphatic heterocycles. The number of amides is 3. The third-order valence-corrected chi connectivity index (χ3v) is 7.30. The van der Waals surface area contributed by atoms with Gasteiger partial charge in [0.15, 0.2) is 0 Å². The first-order valence-corrected chi connectivity index (χ1v) is 14.0. The number of carbonyl (C=O) groups excluding carboxylic acids is 3. The molecule has 0 aliphatic rings. The van der Waals surface area contributed by atoms with Gasteiger partial charge in [0, 0.05) is 26.2 Å². The van der Waals surface area contributed by atoms with E-state index in [0.717, 1.165) is 9.37 Å². The molecule has 202 valence electrons. The van der Waals surface area contributed by atoms with Crippen molar-refractivity contribution >= 4 is 62.9 Å². The average Bonchev–Trinajstić information content (AvgIpc) is 2.98. The number of carbonyl (C=O) groups is 3. The highest BCUT2D eigenvalue weighted by molar-refractivity contribution is 9.10. The van der Waals surface area contributed by atoms with Crippen molar-refractivity contribution in [2.24, 2.45) is 0 Å². The van der Waals surface area contributed by atoms with Crippen LogP contribution < -0.4 is 20.7 Å². The molecule has 0 aromatic heterocycles. The summed E-state index contributed by atoms with van der Waals surface area (Å²) in [5, 5.41) is 8.43. The van der Waals surface area contributed by atoms with E-state index in [1.54, 1.807) is 61.7 Å². The summed E-state index contributed by atoms with van der Waals surface area (Å²) in [5.41, 5.74) is 2.36. The van der Waals surface area contributed by atoms with Gasteiger partial charge >= 0.3 is 0 Å². The van der Waals surface area contributed by atoms with Gasteiger partial charge in [0.2, 0.25) is 5.91 Å². The zero-order valence-corrected chi connectivity index (χ0v) is 23.9. The normalized spacial score (nSPS) is 10.9. The Morgan fingerprint density at radius 1 is 0.825 bits per heavy atom. The van der Waals surface area contributed by atoms with Gasteiger partial charge in [-0.05, 0) is 76.6 Å². The van der Waals surface area contributed by atoms with Gasteiger partial charge in [0.1, 0.15) is 11.4 Å². The minimum atomic E-state index is -0.497. The summed E-state index contributed by atoms with van der Waals surface area (Å²) in [6.07, 6.45) is 1.57. The maximum absolute atomic E-state index is 13.3. The first-order chi connectivity index (χ1) is 19.4. The molecule has 0 unspecified atom stereocenters. The molecule has 0 fully saturated rings. The molecule has 7 nitrogen and oxygen atoms in total. The van der Waals surface area contributed by atoms with Crippen molar-refractivity contribution in [2.75, 3.05) is 23.5 Å². The van der Waals surface area contributed by atoms with Gasteiger partial charge in [-0.3, -0.25) is 14.4 Å². The lowest BCUT2D eigenvalue weighted by Gasteiger charge is -2.13. The highest BCUT2D eigenvalue weighted by Gasteiger charge is 2.16. The zero-order valence-electron chi connectivity index (χ0n) is 21.5. The van der Waals surface area contributed by atoms with E-state index in [1.165, 1.54) is 11.8 Å². The molecule has 3 amide bonds. The fraction of sp³-hybridized carbons (Fsp3) is 0.0645. The summed E-state index contributed by atoms with van der Waals surface area (Å²) in [5.74, 6) is -0.251. The van der Waals surface area contributed by atoms with E-state index >= 15 is 0 Å². The Bertz CT molecular complexity index is 1530. The molecule has 0 spiro atoms. The van der Waals surface area contributed by atoms with Crippen LogP contribution in [0.5, 0.6) is 5.75 Å². The molecule has 0 atom stereocenters. The van der Waals surface area contributed by atoms with E-state index in [0.29, 0.717) is 28.3 Å². The second-order valence-corrected chi connectivity index (χ2v) is 10.3. The number of hydrogen-bond donors (Lipinski definition) is 3. The molecular formula is C31H26BrN3O4S. The Balaban J connectivity index is 1.43. The third kappa shape index (κ3) is 8.08. The zero-order chi connectivity index (χ0) is 28.3. The number of hydrogen-bond acceptors (Lipinski definition) is 5. The van der Waals surface area contributed by atoms with Gasteiger partial charge in [-0.25, -0.2) is 0 Å². The van der Waals surface area contributed by atoms with Crippen LogP contribution in [-0.2, 0) is 9.59 Å². The number of para-hydroxylation sites is 2. The molecule has 0 saturated carbocycles. The van der Waals surface area contributed by atoms with Crippen molar-refractivity contribution in [1.82, 2.24) is 5.32 Å². The Hall–Kier alpha value is -4.34. The largest absolute Gasteiger partial charge is 0.496 e. The quantitative estimate of drug-likeness (QED) is 0.138. The predicted molar refractivity (Wildman–Crippen MR) is 163 cm³/mol. The fourth-order valence-corrected chi connectivity index (χ4v) is 4.70. The second kappa shape index (κ2) is 14.2. The Kier molecular flexibility index (Phi) is 10.1. The van der Waals surface area contributed by atoms with E-state index in [9.17, 15) is 14.4 Å². The Labute approximate surface area is 245 Å². The highest BCUT2D eigenvalue weighted by atomic mass is 79.9. The van der Waals surface area contributed by atoms with Crippen LogP contribution in [0.2, 0.25) is 0 Å². The van der Waals surface area contributed by atoms with Gasteiger partial charge in [-0.2, -0.15) is 0 Å². The third-order valence-electron chi connectivity index (χ3n) is 5.60. The van der Waals surface area contributed by atoms with Crippen molar-refractivity contribution in [3.8, 4) is 5.75 Å². The van der Waals surface area contributed by atoms with Crippen molar-refractivity contribution in [3.05, 3.63) is 124 Å². The van der Waals surface area contributed by atoms with Crippen LogP contribution in [-0.4, -0.2) is 30.6 Å². The number of nitrogens with one attached hydrogen (secondary N) is 3. The SMILES string of the molecule is COc1ccccc1/C=C(\NC(=O)c1ccccc1)C(=O)Nc1ccc(SCC(=O)Nc2ccccc2Br)cc1.